The number of carbonyl (C=O) groups excluding carboxylic acids is 1. The van der Waals surface area contributed by atoms with E-state index < -0.39 is 0 Å². The van der Waals surface area contributed by atoms with Crippen LogP contribution in [0.3, 0.4) is 0 Å². The Bertz CT molecular complexity index is 1250. The van der Waals surface area contributed by atoms with Gasteiger partial charge in [0.05, 0.1) is 27.8 Å². The van der Waals surface area contributed by atoms with E-state index >= 15 is 0 Å². The summed E-state index contributed by atoms with van der Waals surface area (Å²) in [6, 6.07) is 9.93. The highest BCUT2D eigenvalue weighted by molar-refractivity contribution is 7.09. The minimum absolute atomic E-state index is 0.140. The van der Waals surface area contributed by atoms with Gasteiger partial charge < -0.3 is 5.32 Å². The average molecular weight is 418 g/mol. The van der Waals surface area contributed by atoms with Gasteiger partial charge in [-0.1, -0.05) is 12.1 Å². The maximum atomic E-state index is 13.3. The number of rotatable bonds is 5. The van der Waals surface area contributed by atoms with Crippen LogP contribution < -0.4 is 5.32 Å². The van der Waals surface area contributed by atoms with Crippen LogP contribution in [-0.4, -0.2) is 25.7 Å². The Labute approximate surface area is 179 Å². The van der Waals surface area contributed by atoms with E-state index in [2.05, 4.69) is 29.2 Å². The summed E-state index contributed by atoms with van der Waals surface area (Å²) in [5.41, 5.74) is 5.06. The Kier molecular flexibility index (Phi) is 4.62. The quantitative estimate of drug-likeness (QED) is 0.460. The zero-order valence-corrected chi connectivity index (χ0v) is 18.0. The standard InChI is InChI=1S/C23H23N5OS/c1-13(2)28-22-19(11-24-28)18(10-20(27-22)15-7-8-15)23(29)26-17-6-4-5-16(9-17)21-12-30-14(3)25-21/h4-6,9-13,15H,7-8H2,1-3H3,(H,26,29). The van der Waals surface area contributed by atoms with Gasteiger partial charge in [-0.2, -0.15) is 5.10 Å². The van der Waals surface area contributed by atoms with E-state index in [1.165, 1.54) is 0 Å². The minimum atomic E-state index is -0.140. The highest BCUT2D eigenvalue weighted by atomic mass is 32.1. The Morgan fingerprint density at radius 3 is 2.77 bits per heavy atom. The van der Waals surface area contributed by atoms with Crippen molar-refractivity contribution in [3.8, 4) is 11.3 Å². The molecule has 7 heteroatoms. The molecule has 30 heavy (non-hydrogen) atoms. The van der Waals surface area contributed by atoms with Gasteiger partial charge in [-0.25, -0.2) is 14.6 Å². The summed E-state index contributed by atoms with van der Waals surface area (Å²) in [7, 11) is 0. The summed E-state index contributed by atoms with van der Waals surface area (Å²) in [5.74, 6) is 0.312. The minimum Gasteiger partial charge on any atom is -0.322 e. The lowest BCUT2D eigenvalue weighted by atomic mass is 10.1. The van der Waals surface area contributed by atoms with Crippen LogP contribution in [0.5, 0.6) is 0 Å². The van der Waals surface area contributed by atoms with Gasteiger partial charge in [0.1, 0.15) is 0 Å². The number of pyridine rings is 1. The molecule has 6 nitrogen and oxygen atoms in total. The molecule has 3 aromatic heterocycles. The third-order valence-electron chi connectivity index (χ3n) is 5.35. The van der Waals surface area contributed by atoms with Crippen LogP contribution in [0.25, 0.3) is 22.3 Å². The lowest BCUT2D eigenvalue weighted by Crippen LogP contribution is -2.14. The highest BCUT2D eigenvalue weighted by Gasteiger charge is 2.28. The highest BCUT2D eigenvalue weighted by Crippen LogP contribution is 2.40. The molecule has 3 heterocycles. The molecule has 0 bridgehead atoms. The van der Waals surface area contributed by atoms with Crippen LogP contribution in [0, 0.1) is 6.92 Å². The van der Waals surface area contributed by atoms with Crippen molar-refractivity contribution in [1.29, 1.82) is 0 Å². The number of amides is 1. The number of aromatic nitrogens is 4. The molecule has 1 aromatic carbocycles. The fourth-order valence-electron chi connectivity index (χ4n) is 3.64. The molecule has 0 unspecified atom stereocenters. The molecule has 5 rings (SSSR count). The molecule has 1 saturated carbocycles. The summed E-state index contributed by atoms with van der Waals surface area (Å²) in [4.78, 5) is 22.6. The van der Waals surface area contributed by atoms with E-state index in [1.54, 1.807) is 17.5 Å². The second-order valence-corrected chi connectivity index (χ2v) is 9.14. The third kappa shape index (κ3) is 3.50. The number of aryl methyl sites for hydroxylation is 1. The van der Waals surface area contributed by atoms with E-state index in [1.807, 2.05) is 47.3 Å². The largest absolute Gasteiger partial charge is 0.322 e. The molecule has 1 fully saturated rings. The van der Waals surface area contributed by atoms with Gasteiger partial charge >= 0.3 is 0 Å². The van der Waals surface area contributed by atoms with E-state index in [4.69, 9.17) is 4.98 Å². The van der Waals surface area contributed by atoms with E-state index in [0.717, 1.165) is 51.5 Å². The molecular formula is C23H23N5OS. The number of thiazole rings is 1. The fraction of sp³-hybridized carbons (Fsp3) is 0.304. The van der Waals surface area contributed by atoms with E-state index in [-0.39, 0.29) is 11.9 Å². The van der Waals surface area contributed by atoms with E-state index in [9.17, 15) is 4.79 Å². The topological polar surface area (TPSA) is 72.7 Å². The summed E-state index contributed by atoms with van der Waals surface area (Å²) in [6.45, 7) is 6.13. The zero-order chi connectivity index (χ0) is 20.8. The average Bonchev–Trinajstić information content (AvgIpc) is 3.34. The first-order valence-electron chi connectivity index (χ1n) is 10.2. The Balaban J connectivity index is 1.51. The van der Waals surface area contributed by atoms with Gasteiger partial charge in [0, 0.05) is 34.3 Å². The van der Waals surface area contributed by atoms with Crippen molar-refractivity contribution in [3.63, 3.8) is 0 Å². The van der Waals surface area contributed by atoms with Crippen LogP contribution in [0.4, 0.5) is 5.69 Å². The number of carbonyl (C=O) groups is 1. The second-order valence-electron chi connectivity index (χ2n) is 8.08. The fourth-order valence-corrected chi connectivity index (χ4v) is 4.26. The molecule has 0 spiro atoms. The maximum absolute atomic E-state index is 13.3. The Hall–Kier alpha value is -3.06. The van der Waals surface area contributed by atoms with Crippen molar-refractivity contribution in [1.82, 2.24) is 19.7 Å². The van der Waals surface area contributed by atoms with Crippen LogP contribution in [0.1, 0.15) is 59.7 Å². The molecular weight excluding hydrogens is 394 g/mol. The van der Waals surface area contributed by atoms with Crippen molar-refractivity contribution in [2.45, 2.75) is 45.6 Å². The van der Waals surface area contributed by atoms with Crippen LogP contribution in [0.2, 0.25) is 0 Å². The summed E-state index contributed by atoms with van der Waals surface area (Å²) < 4.78 is 1.89. The molecule has 152 valence electrons. The van der Waals surface area contributed by atoms with Gasteiger partial charge in [-0.05, 0) is 51.8 Å². The summed E-state index contributed by atoms with van der Waals surface area (Å²) in [5, 5.41) is 11.4. The molecule has 0 saturated heterocycles. The number of hydrogen-bond donors (Lipinski definition) is 1. The van der Waals surface area contributed by atoms with Crippen molar-refractivity contribution < 1.29 is 4.79 Å². The van der Waals surface area contributed by atoms with Crippen molar-refractivity contribution >= 4 is 34.0 Å². The molecule has 1 N–H and O–H groups in total. The predicted molar refractivity (Wildman–Crippen MR) is 120 cm³/mol. The number of hydrogen-bond acceptors (Lipinski definition) is 5. The van der Waals surface area contributed by atoms with Crippen LogP contribution in [0.15, 0.2) is 41.9 Å². The molecule has 0 aliphatic heterocycles. The normalized spacial score (nSPS) is 13.9. The number of nitrogens with one attached hydrogen (secondary N) is 1. The first-order chi connectivity index (χ1) is 14.5. The van der Waals surface area contributed by atoms with Gasteiger partial charge in [-0.3, -0.25) is 4.79 Å². The number of nitrogens with zero attached hydrogens (tertiary/aromatic N) is 4. The summed E-state index contributed by atoms with van der Waals surface area (Å²) >= 11 is 1.62. The van der Waals surface area contributed by atoms with Crippen LogP contribution >= 0.6 is 11.3 Å². The molecule has 0 atom stereocenters. The first kappa shape index (κ1) is 18.9. The smallest absolute Gasteiger partial charge is 0.256 e. The molecule has 4 aromatic rings. The molecule has 1 aliphatic carbocycles. The number of benzene rings is 1. The van der Waals surface area contributed by atoms with Gasteiger partial charge in [0.25, 0.3) is 5.91 Å². The van der Waals surface area contributed by atoms with Crippen molar-refractivity contribution in [2.24, 2.45) is 0 Å². The molecule has 1 aliphatic rings. The first-order valence-corrected chi connectivity index (χ1v) is 11.1. The molecule has 0 radical (unpaired) electrons. The van der Waals surface area contributed by atoms with Gasteiger partial charge in [0.2, 0.25) is 0 Å². The predicted octanol–water partition coefficient (Wildman–Crippen LogP) is 5.57. The second kappa shape index (κ2) is 7.32. The van der Waals surface area contributed by atoms with Crippen molar-refractivity contribution in [3.05, 3.63) is 58.2 Å². The SMILES string of the molecule is Cc1nc(-c2cccc(NC(=O)c3cc(C4CC4)nc4c3cnn4C(C)C)c2)cs1. The number of anilines is 1. The zero-order valence-electron chi connectivity index (χ0n) is 17.2. The maximum Gasteiger partial charge on any atom is 0.256 e. The monoisotopic (exact) mass is 417 g/mol. The lowest BCUT2D eigenvalue weighted by Gasteiger charge is -2.11. The Morgan fingerprint density at radius 1 is 1.23 bits per heavy atom. The number of fused-ring (bicyclic) bond motifs is 1. The van der Waals surface area contributed by atoms with Gasteiger partial charge in [0.15, 0.2) is 5.65 Å². The van der Waals surface area contributed by atoms with Gasteiger partial charge in [-0.15, -0.1) is 11.3 Å². The third-order valence-corrected chi connectivity index (χ3v) is 6.12. The molecule has 1 amide bonds. The Morgan fingerprint density at radius 2 is 2.07 bits per heavy atom. The summed E-state index contributed by atoms with van der Waals surface area (Å²) in [6.07, 6.45) is 4.01. The van der Waals surface area contributed by atoms with Crippen LogP contribution in [-0.2, 0) is 0 Å². The lowest BCUT2D eigenvalue weighted by molar-refractivity contribution is 0.102. The van der Waals surface area contributed by atoms with Crippen molar-refractivity contribution in [2.75, 3.05) is 5.32 Å². The van der Waals surface area contributed by atoms with E-state index in [0.29, 0.717) is 11.5 Å².